The Labute approximate surface area is 197 Å². The first-order valence-electron chi connectivity index (χ1n) is 12.4. The van der Waals surface area contributed by atoms with E-state index in [2.05, 4.69) is 20.4 Å². The molecule has 2 saturated heterocycles. The molecule has 9 atom stereocenters. The molecule has 0 aromatic heterocycles. The maximum Gasteiger partial charge on any atom is 0.306 e. The Morgan fingerprint density at radius 2 is 1.97 bits per heavy atom. The Morgan fingerprint density at radius 1 is 1.30 bits per heavy atom. The van der Waals surface area contributed by atoms with E-state index in [9.17, 15) is 19.8 Å². The predicted octanol–water partition coefficient (Wildman–Crippen LogP) is 3.55. The summed E-state index contributed by atoms with van der Waals surface area (Å²) in [6, 6.07) is 0. The van der Waals surface area contributed by atoms with Crippen LogP contribution in [0.3, 0.4) is 0 Å². The molecule has 2 aliphatic heterocycles. The molecule has 0 radical (unpaired) electrons. The summed E-state index contributed by atoms with van der Waals surface area (Å²) >= 11 is 0. The normalized spacial score (nSPS) is 43.3. The third-order valence-electron chi connectivity index (χ3n) is 8.11. The zero-order valence-corrected chi connectivity index (χ0v) is 21.0. The molecule has 3 fully saturated rings. The monoisotopic (exact) mass is 466 g/mol. The van der Waals surface area contributed by atoms with E-state index in [1.54, 1.807) is 6.92 Å². The van der Waals surface area contributed by atoms with Crippen LogP contribution in [0.4, 0.5) is 0 Å². The van der Waals surface area contributed by atoms with Crippen LogP contribution < -0.4 is 0 Å². The molecule has 2 bridgehead atoms. The maximum atomic E-state index is 12.3. The number of esters is 2. The molecule has 33 heavy (non-hydrogen) atoms. The van der Waals surface area contributed by atoms with Gasteiger partial charge in [-0.05, 0) is 56.9 Å². The summed E-state index contributed by atoms with van der Waals surface area (Å²) in [5.41, 5.74) is -1.59. The first-order chi connectivity index (χ1) is 15.3. The smallest absolute Gasteiger partial charge is 0.306 e. The van der Waals surface area contributed by atoms with Crippen molar-refractivity contribution in [3.63, 3.8) is 0 Å². The van der Waals surface area contributed by atoms with Gasteiger partial charge in [-0.3, -0.25) is 9.59 Å². The van der Waals surface area contributed by atoms with E-state index in [1.807, 2.05) is 13.8 Å². The lowest BCUT2D eigenvalue weighted by Crippen LogP contribution is -2.53. The zero-order valence-electron chi connectivity index (χ0n) is 21.0. The van der Waals surface area contributed by atoms with Crippen LogP contribution in [0.15, 0.2) is 12.2 Å². The van der Waals surface area contributed by atoms with Crippen LogP contribution in [-0.2, 0) is 23.8 Å². The minimum atomic E-state index is -1.34. The van der Waals surface area contributed by atoms with Crippen LogP contribution in [0, 0.1) is 23.7 Å². The summed E-state index contributed by atoms with van der Waals surface area (Å²) in [7, 11) is 0. The average molecular weight is 467 g/mol. The third-order valence-corrected chi connectivity index (χ3v) is 8.11. The predicted molar refractivity (Wildman–Crippen MR) is 123 cm³/mol. The van der Waals surface area contributed by atoms with Crippen molar-refractivity contribution in [3.05, 3.63) is 12.2 Å². The molecule has 7 heteroatoms. The Balaban J connectivity index is 2.05. The third kappa shape index (κ3) is 5.15. The molecule has 0 aromatic carbocycles. The highest BCUT2D eigenvalue weighted by Crippen LogP contribution is 2.56. The standard InChI is InChI=1S/C26H42O7/c1-8-9-21(29)32-20-10-11-26(7,33-16(5)27)24-23-17(14(2)3)12-18(28)15(4)22(23)19(31-24)13-25(20,6)30/h14,17-20,22-24,28,30H,4,8-13H2,1-3,5-7H3/t17-,18+,19-,20+,22-,23-,24-,25+,26-/m1/s1. The second-order valence-corrected chi connectivity index (χ2v) is 11.2. The maximum absolute atomic E-state index is 12.3. The van der Waals surface area contributed by atoms with Crippen LogP contribution in [0.2, 0.25) is 0 Å². The second kappa shape index (κ2) is 9.67. The molecule has 0 unspecified atom stereocenters. The number of rotatable bonds is 5. The van der Waals surface area contributed by atoms with Crippen LogP contribution >= 0.6 is 0 Å². The van der Waals surface area contributed by atoms with E-state index < -0.39 is 41.6 Å². The highest BCUT2D eigenvalue weighted by molar-refractivity contribution is 5.69. The van der Waals surface area contributed by atoms with Gasteiger partial charge in [0.2, 0.25) is 0 Å². The van der Waals surface area contributed by atoms with Gasteiger partial charge in [0.05, 0.1) is 12.2 Å². The first-order valence-corrected chi connectivity index (χ1v) is 12.4. The lowest BCUT2D eigenvalue weighted by molar-refractivity contribution is -0.180. The number of carbonyl (C=O) groups excluding carboxylic acids is 2. The molecule has 188 valence electrons. The number of hydrogen-bond donors (Lipinski definition) is 2. The van der Waals surface area contributed by atoms with E-state index in [-0.39, 0.29) is 42.5 Å². The highest BCUT2D eigenvalue weighted by Gasteiger charge is 2.61. The summed E-state index contributed by atoms with van der Waals surface area (Å²) in [6.07, 6.45) is 0.262. The van der Waals surface area contributed by atoms with Crippen LogP contribution in [0.1, 0.15) is 80.1 Å². The zero-order chi connectivity index (χ0) is 24.7. The summed E-state index contributed by atoms with van der Waals surface area (Å²) in [5, 5.41) is 22.3. The molecule has 7 nitrogen and oxygen atoms in total. The minimum Gasteiger partial charge on any atom is -0.459 e. The van der Waals surface area contributed by atoms with Gasteiger partial charge >= 0.3 is 11.9 Å². The van der Waals surface area contributed by atoms with Crippen molar-refractivity contribution in [2.45, 2.75) is 116 Å². The van der Waals surface area contributed by atoms with Crippen molar-refractivity contribution in [1.82, 2.24) is 0 Å². The van der Waals surface area contributed by atoms with Gasteiger partial charge in [0.15, 0.2) is 0 Å². The average Bonchev–Trinajstić information content (AvgIpc) is 3.07. The summed E-state index contributed by atoms with van der Waals surface area (Å²) in [6.45, 7) is 15.4. The molecule has 2 heterocycles. The molecule has 3 rings (SSSR count). The Bertz CT molecular complexity index is 760. The SMILES string of the molecule is C=C1[C@H]2[C@@H]([C@@H](C(C)C)C[C@@H]1O)[C@H]1O[C@@H]2C[C@](C)(O)[C@@H](OC(=O)CCC)CC[C@@]1(C)OC(C)=O. The van der Waals surface area contributed by atoms with Gasteiger partial charge in [0, 0.05) is 31.6 Å². The van der Waals surface area contributed by atoms with Gasteiger partial charge in [-0.2, -0.15) is 0 Å². The van der Waals surface area contributed by atoms with Gasteiger partial charge in [-0.1, -0.05) is 27.4 Å². The van der Waals surface area contributed by atoms with Gasteiger partial charge < -0.3 is 24.4 Å². The number of aliphatic hydroxyl groups excluding tert-OH is 1. The van der Waals surface area contributed by atoms with Crippen molar-refractivity contribution < 1.29 is 34.0 Å². The fourth-order valence-corrected chi connectivity index (χ4v) is 6.46. The summed E-state index contributed by atoms with van der Waals surface area (Å²) in [4.78, 5) is 24.5. The van der Waals surface area contributed by atoms with Crippen molar-refractivity contribution in [2.24, 2.45) is 23.7 Å². The molecule has 3 aliphatic rings. The second-order valence-electron chi connectivity index (χ2n) is 11.2. The highest BCUT2D eigenvalue weighted by atomic mass is 16.6. The van der Waals surface area contributed by atoms with Crippen molar-refractivity contribution in [1.29, 1.82) is 0 Å². The van der Waals surface area contributed by atoms with Crippen LogP contribution in [0.25, 0.3) is 0 Å². The molecule has 2 N–H and O–H groups in total. The summed E-state index contributed by atoms with van der Waals surface area (Å²) in [5.74, 6) is -0.483. The van der Waals surface area contributed by atoms with Crippen LogP contribution in [-0.4, -0.2) is 57.8 Å². The number of aliphatic hydroxyl groups is 2. The molecular weight excluding hydrogens is 424 g/mol. The fraction of sp³-hybridized carbons (Fsp3) is 0.846. The van der Waals surface area contributed by atoms with E-state index in [1.165, 1.54) is 6.92 Å². The number of carbonyl (C=O) groups is 2. The van der Waals surface area contributed by atoms with E-state index >= 15 is 0 Å². The lowest BCUT2D eigenvalue weighted by Gasteiger charge is -2.47. The molecule has 1 aliphatic carbocycles. The van der Waals surface area contributed by atoms with Crippen molar-refractivity contribution in [3.8, 4) is 0 Å². The fourth-order valence-electron chi connectivity index (χ4n) is 6.46. The van der Waals surface area contributed by atoms with Gasteiger partial charge in [0.25, 0.3) is 0 Å². The Morgan fingerprint density at radius 3 is 2.55 bits per heavy atom. The molecule has 0 aromatic rings. The quantitative estimate of drug-likeness (QED) is 0.472. The minimum absolute atomic E-state index is 0.00485. The van der Waals surface area contributed by atoms with E-state index in [4.69, 9.17) is 14.2 Å². The topological polar surface area (TPSA) is 102 Å². The van der Waals surface area contributed by atoms with E-state index in [0.717, 1.165) is 0 Å². The first kappa shape index (κ1) is 26.2. The van der Waals surface area contributed by atoms with Crippen molar-refractivity contribution >= 4 is 11.9 Å². The largest absolute Gasteiger partial charge is 0.459 e. The van der Waals surface area contributed by atoms with Crippen molar-refractivity contribution in [2.75, 3.05) is 0 Å². The van der Waals surface area contributed by atoms with Crippen LogP contribution in [0.5, 0.6) is 0 Å². The van der Waals surface area contributed by atoms with Gasteiger partial charge in [-0.25, -0.2) is 0 Å². The van der Waals surface area contributed by atoms with Gasteiger partial charge in [-0.15, -0.1) is 0 Å². The molecular formula is C26H42O7. The van der Waals surface area contributed by atoms with Gasteiger partial charge in [0.1, 0.15) is 23.4 Å². The molecule has 0 spiro atoms. The molecule has 1 saturated carbocycles. The summed E-state index contributed by atoms with van der Waals surface area (Å²) < 4.78 is 18.3. The Kier molecular flexibility index (Phi) is 7.67. The lowest BCUT2D eigenvalue weighted by atomic mass is 9.60. The number of ether oxygens (including phenoxy) is 3. The molecule has 0 amide bonds. The number of hydrogen-bond acceptors (Lipinski definition) is 7. The number of fused-ring (bicyclic) bond motifs is 5. The Hall–Kier alpha value is -1.44. The van der Waals surface area contributed by atoms with E-state index in [0.29, 0.717) is 31.3 Å².